The second-order valence-corrected chi connectivity index (χ2v) is 5.58. The Balaban J connectivity index is 3.03. The number of aromatic carboxylic acids is 1. The van der Waals surface area contributed by atoms with Crippen molar-refractivity contribution in [2.24, 2.45) is 0 Å². The molecule has 0 radical (unpaired) electrons. The molecule has 2 aromatic rings. The average molecular weight is 378 g/mol. The third kappa shape index (κ3) is 3.52. The number of methoxy groups -OCH3 is 1. The third-order valence-electron chi connectivity index (χ3n) is 3.59. The summed E-state index contributed by atoms with van der Waals surface area (Å²) in [6, 6.07) is 6.44. The van der Waals surface area contributed by atoms with Crippen LogP contribution in [0.25, 0.3) is 11.1 Å². The molecule has 0 fully saturated rings. The van der Waals surface area contributed by atoms with Crippen LogP contribution in [-0.4, -0.2) is 41.7 Å². The third-order valence-corrected chi connectivity index (χ3v) is 3.92. The van der Waals surface area contributed by atoms with E-state index in [-0.39, 0.29) is 34.0 Å². The maximum Gasteiger partial charge on any atom is 0.355 e. The van der Waals surface area contributed by atoms with Gasteiger partial charge in [-0.2, -0.15) is 0 Å². The maximum atomic E-state index is 12.5. The number of carboxylic acid groups (broad SMARTS) is 1. The highest BCUT2D eigenvalue weighted by molar-refractivity contribution is 6.34. The van der Waals surface area contributed by atoms with Gasteiger partial charge in [-0.1, -0.05) is 29.8 Å². The van der Waals surface area contributed by atoms with Gasteiger partial charge in [-0.3, -0.25) is 0 Å². The molecule has 1 aromatic carbocycles. The number of hydrogen-bond acceptors (Lipinski definition) is 6. The summed E-state index contributed by atoms with van der Waals surface area (Å²) < 4.78 is 9.78. The maximum absolute atomic E-state index is 12.5. The van der Waals surface area contributed by atoms with E-state index >= 15 is 0 Å². The molecule has 0 saturated carbocycles. The van der Waals surface area contributed by atoms with E-state index in [4.69, 9.17) is 21.1 Å². The fraction of sp³-hybridized carbons (Fsp3) is 0.222. The van der Waals surface area contributed by atoms with Gasteiger partial charge in [0.2, 0.25) is 0 Å². The number of carbonyl (C=O) groups excluding carboxylic acids is 2. The van der Waals surface area contributed by atoms with Gasteiger partial charge in [0.15, 0.2) is 5.69 Å². The Morgan fingerprint density at radius 1 is 1.15 bits per heavy atom. The number of pyridine rings is 1. The quantitative estimate of drug-likeness (QED) is 0.796. The van der Waals surface area contributed by atoms with E-state index in [0.717, 1.165) is 0 Å². The molecule has 1 heterocycles. The summed E-state index contributed by atoms with van der Waals surface area (Å²) in [6.07, 6.45) is 0. The number of aromatic nitrogens is 1. The van der Waals surface area contributed by atoms with E-state index in [1.807, 2.05) is 0 Å². The van der Waals surface area contributed by atoms with Crippen LogP contribution in [0.5, 0.6) is 0 Å². The molecular weight excluding hydrogens is 362 g/mol. The Morgan fingerprint density at radius 2 is 1.81 bits per heavy atom. The molecule has 1 aromatic heterocycles. The lowest BCUT2D eigenvalue weighted by Crippen LogP contribution is -2.20. The van der Waals surface area contributed by atoms with Gasteiger partial charge >= 0.3 is 17.9 Å². The summed E-state index contributed by atoms with van der Waals surface area (Å²) in [5.74, 6) is -3.12. The molecule has 2 rings (SSSR count). The SMILES string of the molecule is CCOC(=O)c1c(C(=O)O)nc(C)c(C(=O)OC)c1-c1ccccc1Cl. The van der Waals surface area contributed by atoms with Gasteiger partial charge in [0.25, 0.3) is 0 Å². The number of carboxylic acids is 1. The molecule has 0 aliphatic heterocycles. The molecule has 136 valence electrons. The minimum atomic E-state index is -1.43. The van der Waals surface area contributed by atoms with Gasteiger partial charge in [-0.05, 0) is 19.9 Å². The van der Waals surface area contributed by atoms with Crippen molar-refractivity contribution in [1.29, 1.82) is 0 Å². The number of rotatable bonds is 5. The first-order chi connectivity index (χ1) is 12.3. The van der Waals surface area contributed by atoms with E-state index in [9.17, 15) is 19.5 Å². The Bertz CT molecular complexity index is 893. The van der Waals surface area contributed by atoms with Crippen LogP contribution in [0.2, 0.25) is 5.02 Å². The number of carbonyl (C=O) groups is 3. The predicted molar refractivity (Wildman–Crippen MR) is 93.7 cm³/mol. The Labute approximate surface area is 154 Å². The first-order valence-corrected chi connectivity index (χ1v) is 7.99. The minimum Gasteiger partial charge on any atom is -0.476 e. The van der Waals surface area contributed by atoms with Gasteiger partial charge in [-0.15, -0.1) is 0 Å². The topological polar surface area (TPSA) is 103 Å². The van der Waals surface area contributed by atoms with Gasteiger partial charge in [-0.25, -0.2) is 19.4 Å². The lowest BCUT2D eigenvalue weighted by molar-refractivity contribution is 0.0513. The smallest absolute Gasteiger partial charge is 0.355 e. The van der Waals surface area contributed by atoms with Crippen molar-refractivity contribution in [3.05, 3.63) is 51.8 Å². The summed E-state index contributed by atoms with van der Waals surface area (Å²) in [6.45, 7) is 3.05. The lowest BCUT2D eigenvalue weighted by atomic mass is 9.92. The van der Waals surface area contributed by atoms with Crippen LogP contribution in [0, 0.1) is 6.92 Å². The molecule has 26 heavy (non-hydrogen) atoms. The molecule has 1 N–H and O–H groups in total. The fourth-order valence-corrected chi connectivity index (χ4v) is 2.78. The fourth-order valence-electron chi connectivity index (χ4n) is 2.55. The largest absolute Gasteiger partial charge is 0.476 e. The van der Waals surface area contributed by atoms with E-state index in [1.54, 1.807) is 31.2 Å². The summed E-state index contributed by atoms with van der Waals surface area (Å²) in [4.78, 5) is 40.5. The number of hydrogen-bond donors (Lipinski definition) is 1. The van der Waals surface area contributed by atoms with E-state index in [2.05, 4.69) is 4.98 Å². The summed E-state index contributed by atoms with van der Waals surface area (Å²) in [7, 11) is 1.17. The first-order valence-electron chi connectivity index (χ1n) is 7.61. The number of halogens is 1. The zero-order valence-electron chi connectivity index (χ0n) is 14.3. The standard InChI is InChI=1S/C18H16ClNO6/c1-4-26-18(24)14-13(10-7-5-6-8-11(10)19)12(17(23)25-3)9(2)20-15(14)16(21)22/h5-8H,4H2,1-3H3,(H,21,22). The van der Waals surface area contributed by atoms with Crippen LogP contribution < -0.4 is 0 Å². The van der Waals surface area contributed by atoms with E-state index in [0.29, 0.717) is 5.56 Å². The Hall–Kier alpha value is -2.93. The number of benzene rings is 1. The molecule has 0 spiro atoms. The summed E-state index contributed by atoms with van der Waals surface area (Å²) in [5.41, 5.74) is -0.510. The van der Waals surface area contributed by atoms with Crippen LogP contribution in [0.1, 0.15) is 43.8 Å². The molecule has 0 atom stereocenters. The van der Waals surface area contributed by atoms with Crippen LogP contribution in [0.3, 0.4) is 0 Å². The van der Waals surface area contributed by atoms with Crippen LogP contribution >= 0.6 is 11.6 Å². The predicted octanol–water partition coefficient (Wildman–Crippen LogP) is 3.37. The van der Waals surface area contributed by atoms with Gasteiger partial charge in [0.1, 0.15) is 5.56 Å². The van der Waals surface area contributed by atoms with E-state index < -0.39 is 23.6 Å². The highest BCUT2D eigenvalue weighted by atomic mass is 35.5. The second-order valence-electron chi connectivity index (χ2n) is 5.17. The highest BCUT2D eigenvalue weighted by Gasteiger charge is 2.32. The summed E-state index contributed by atoms with van der Waals surface area (Å²) >= 11 is 6.24. The Morgan fingerprint density at radius 3 is 2.35 bits per heavy atom. The number of esters is 2. The van der Waals surface area contributed by atoms with Crippen molar-refractivity contribution >= 4 is 29.5 Å². The van der Waals surface area contributed by atoms with Crippen molar-refractivity contribution in [1.82, 2.24) is 4.98 Å². The van der Waals surface area contributed by atoms with Crippen molar-refractivity contribution in [3.63, 3.8) is 0 Å². The molecule has 0 amide bonds. The van der Waals surface area contributed by atoms with Crippen molar-refractivity contribution in [2.45, 2.75) is 13.8 Å². The average Bonchev–Trinajstić information content (AvgIpc) is 2.60. The first kappa shape index (κ1) is 19.4. The van der Waals surface area contributed by atoms with Gasteiger partial charge in [0, 0.05) is 16.1 Å². The van der Waals surface area contributed by atoms with Crippen LogP contribution in [0.4, 0.5) is 0 Å². The molecule has 8 heteroatoms. The number of aryl methyl sites for hydroxylation is 1. The van der Waals surface area contributed by atoms with Crippen molar-refractivity contribution in [3.8, 4) is 11.1 Å². The van der Waals surface area contributed by atoms with Crippen LogP contribution in [-0.2, 0) is 9.47 Å². The molecule has 0 aliphatic carbocycles. The number of nitrogens with zero attached hydrogens (tertiary/aromatic N) is 1. The van der Waals surface area contributed by atoms with Crippen LogP contribution in [0.15, 0.2) is 24.3 Å². The van der Waals surface area contributed by atoms with E-state index in [1.165, 1.54) is 14.0 Å². The minimum absolute atomic E-state index is 0.0152. The van der Waals surface area contributed by atoms with Gasteiger partial charge < -0.3 is 14.6 Å². The highest BCUT2D eigenvalue weighted by Crippen LogP contribution is 2.36. The van der Waals surface area contributed by atoms with Crippen molar-refractivity contribution < 1.29 is 29.0 Å². The molecule has 7 nitrogen and oxygen atoms in total. The molecular formula is C18H16ClNO6. The van der Waals surface area contributed by atoms with Crippen molar-refractivity contribution in [2.75, 3.05) is 13.7 Å². The summed E-state index contributed by atoms with van der Waals surface area (Å²) in [5, 5.41) is 9.74. The zero-order valence-corrected chi connectivity index (χ0v) is 15.1. The lowest BCUT2D eigenvalue weighted by Gasteiger charge is -2.18. The molecule has 0 aliphatic rings. The monoisotopic (exact) mass is 377 g/mol. The molecule has 0 unspecified atom stereocenters. The number of ether oxygens (including phenoxy) is 2. The second kappa shape index (κ2) is 7.97. The normalized spacial score (nSPS) is 10.3. The molecule has 0 saturated heterocycles. The van der Waals surface area contributed by atoms with Gasteiger partial charge in [0.05, 0.1) is 25.0 Å². The molecule has 0 bridgehead atoms. The zero-order chi connectivity index (χ0) is 19.4. The Kier molecular flexibility index (Phi) is 5.94.